The zero-order valence-corrected chi connectivity index (χ0v) is 16.6. The molecule has 2 heterocycles. The van der Waals surface area contributed by atoms with Gasteiger partial charge in [-0.15, -0.1) is 0 Å². The van der Waals surface area contributed by atoms with Crippen LogP contribution < -0.4 is 4.74 Å². The number of pyridine rings is 1. The molecule has 1 aromatic carbocycles. The molecule has 0 radical (unpaired) electrons. The predicted molar refractivity (Wildman–Crippen MR) is 101 cm³/mol. The van der Waals surface area contributed by atoms with Gasteiger partial charge in [-0.3, -0.25) is 4.98 Å². The summed E-state index contributed by atoms with van der Waals surface area (Å²) in [6, 6.07) is 7.87. The summed E-state index contributed by atoms with van der Waals surface area (Å²) in [4.78, 5) is 18.4. The van der Waals surface area contributed by atoms with E-state index in [9.17, 15) is 4.79 Å². The molecule has 2 aromatic rings. The first-order chi connectivity index (χ1) is 11.7. The van der Waals surface area contributed by atoms with Crippen molar-refractivity contribution in [3.8, 4) is 5.75 Å². The molecule has 6 heteroatoms. The Morgan fingerprint density at radius 3 is 2.80 bits per heavy atom. The lowest BCUT2D eigenvalue weighted by atomic mass is 10.2. The van der Waals surface area contributed by atoms with Crippen molar-refractivity contribution in [3.05, 3.63) is 34.4 Å². The number of fused-ring (bicyclic) bond motifs is 1. The van der Waals surface area contributed by atoms with Gasteiger partial charge >= 0.3 is 6.09 Å². The molecule has 0 N–H and O–H groups in total. The lowest BCUT2D eigenvalue weighted by Gasteiger charge is -2.24. The van der Waals surface area contributed by atoms with Crippen molar-refractivity contribution in [2.75, 3.05) is 13.1 Å². The minimum Gasteiger partial charge on any atom is -0.488 e. The van der Waals surface area contributed by atoms with Crippen LogP contribution in [0.1, 0.15) is 32.9 Å². The van der Waals surface area contributed by atoms with Gasteiger partial charge < -0.3 is 14.4 Å². The number of amides is 1. The Morgan fingerprint density at radius 2 is 2.08 bits per heavy atom. The summed E-state index contributed by atoms with van der Waals surface area (Å²) in [5.41, 5.74) is 1.42. The van der Waals surface area contributed by atoms with Crippen molar-refractivity contribution in [2.24, 2.45) is 0 Å². The Balaban J connectivity index is 1.67. The minimum atomic E-state index is -0.480. The van der Waals surface area contributed by atoms with Gasteiger partial charge in [-0.2, -0.15) is 0 Å². The molecule has 1 amide bonds. The number of aromatic nitrogens is 1. The maximum absolute atomic E-state index is 12.1. The molecule has 0 spiro atoms. The highest BCUT2D eigenvalue weighted by Crippen LogP contribution is 2.29. The molecule has 3 rings (SSSR count). The van der Waals surface area contributed by atoms with Crippen molar-refractivity contribution < 1.29 is 14.3 Å². The Morgan fingerprint density at radius 1 is 1.32 bits per heavy atom. The highest BCUT2D eigenvalue weighted by Gasteiger charge is 2.30. The normalized spacial score (nSPS) is 17.8. The van der Waals surface area contributed by atoms with E-state index in [0.717, 1.165) is 33.2 Å². The second-order valence-corrected chi connectivity index (χ2v) is 8.23. The van der Waals surface area contributed by atoms with Crippen LogP contribution in [0, 0.1) is 6.92 Å². The van der Waals surface area contributed by atoms with Gasteiger partial charge in [-0.25, -0.2) is 4.79 Å². The van der Waals surface area contributed by atoms with Crippen molar-refractivity contribution in [1.82, 2.24) is 9.88 Å². The summed E-state index contributed by atoms with van der Waals surface area (Å²) >= 11 is 3.59. The van der Waals surface area contributed by atoms with Gasteiger partial charge in [0.15, 0.2) is 0 Å². The molecule has 1 saturated heterocycles. The van der Waals surface area contributed by atoms with Gasteiger partial charge in [0.25, 0.3) is 0 Å². The number of hydrogen-bond acceptors (Lipinski definition) is 4. The third kappa shape index (κ3) is 4.42. The number of hydrogen-bond donors (Lipinski definition) is 0. The summed E-state index contributed by atoms with van der Waals surface area (Å²) in [5.74, 6) is 0.787. The van der Waals surface area contributed by atoms with E-state index in [0.29, 0.717) is 13.1 Å². The van der Waals surface area contributed by atoms with E-state index in [1.54, 1.807) is 4.90 Å². The van der Waals surface area contributed by atoms with Gasteiger partial charge in [0.05, 0.1) is 12.1 Å². The molecule has 0 aliphatic carbocycles. The molecule has 0 saturated carbocycles. The topological polar surface area (TPSA) is 51.7 Å². The molecule has 1 aromatic heterocycles. The van der Waals surface area contributed by atoms with Crippen LogP contribution in [0.4, 0.5) is 4.79 Å². The Labute approximate surface area is 156 Å². The Bertz CT molecular complexity index is 801. The van der Waals surface area contributed by atoms with Gasteiger partial charge in [0.2, 0.25) is 0 Å². The van der Waals surface area contributed by atoms with E-state index in [1.165, 1.54) is 0 Å². The molecule has 1 aliphatic heterocycles. The molecule has 1 atom stereocenters. The first kappa shape index (κ1) is 18.0. The average molecular weight is 407 g/mol. The largest absolute Gasteiger partial charge is 0.488 e. The van der Waals surface area contributed by atoms with Crippen LogP contribution in [-0.2, 0) is 4.74 Å². The van der Waals surface area contributed by atoms with Crippen LogP contribution >= 0.6 is 15.9 Å². The lowest BCUT2D eigenvalue weighted by Crippen LogP contribution is -2.36. The maximum Gasteiger partial charge on any atom is 0.410 e. The zero-order valence-electron chi connectivity index (χ0n) is 15.0. The van der Waals surface area contributed by atoms with E-state index < -0.39 is 5.60 Å². The number of aryl methyl sites for hydroxylation is 1. The lowest BCUT2D eigenvalue weighted by molar-refractivity contribution is 0.0275. The second kappa shape index (κ2) is 6.83. The number of rotatable bonds is 2. The third-order valence-electron chi connectivity index (χ3n) is 3.96. The fourth-order valence-electron chi connectivity index (χ4n) is 2.87. The van der Waals surface area contributed by atoms with Gasteiger partial charge in [-0.1, -0.05) is 15.9 Å². The summed E-state index contributed by atoms with van der Waals surface area (Å²) in [6.45, 7) is 8.78. The molecule has 25 heavy (non-hydrogen) atoms. The number of likely N-dealkylation sites (tertiary alicyclic amines) is 1. The second-order valence-electron chi connectivity index (χ2n) is 7.38. The molecular formula is C19H23BrN2O3. The number of carbonyl (C=O) groups is 1. The quantitative estimate of drug-likeness (QED) is 0.725. The summed E-state index contributed by atoms with van der Waals surface area (Å²) in [5, 5.41) is 1.02. The van der Waals surface area contributed by atoms with Crippen LogP contribution in [-0.4, -0.2) is 40.8 Å². The van der Waals surface area contributed by atoms with Gasteiger partial charge in [0.1, 0.15) is 17.5 Å². The van der Waals surface area contributed by atoms with Gasteiger partial charge in [-0.05, 0) is 52.0 Å². The highest BCUT2D eigenvalue weighted by molar-refractivity contribution is 9.10. The third-order valence-corrected chi connectivity index (χ3v) is 4.61. The van der Waals surface area contributed by atoms with Crippen molar-refractivity contribution >= 4 is 32.9 Å². The van der Waals surface area contributed by atoms with Crippen molar-refractivity contribution in [2.45, 2.75) is 45.8 Å². The fourth-order valence-corrected chi connectivity index (χ4v) is 3.52. The molecule has 0 bridgehead atoms. The number of halogens is 1. The SMILES string of the molecule is Cc1cc(Br)c2cc(OC3CCN(C(=O)OC(C)(C)C)C3)ccc2n1. The summed E-state index contributed by atoms with van der Waals surface area (Å²) in [6.07, 6.45) is 0.492. The summed E-state index contributed by atoms with van der Waals surface area (Å²) in [7, 11) is 0. The first-order valence-corrected chi connectivity index (χ1v) is 9.22. The first-order valence-electron chi connectivity index (χ1n) is 8.43. The molecule has 1 aliphatic rings. The van der Waals surface area contributed by atoms with E-state index in [1.807, 2.05) is 52.0 Å². The van der Waals surface area contributed by atoms with Crippen LogP contribution in [0.2, 0.25) is 0 Å². The van der Waals surface area contributed by atoms with E-state index in [2.05, 4.69) is 20.9 Å². The van der Waals surface area contributed by atoms with Crippen LogP contribution in [0.3, 0.4) is 0 Å². The molecular weight excluding hydrogens is 384 g/mol. The number of nitrogens with zero attached hydrogens (tertiary/aromatic N) is 2. The minimum absolute atomic E-state index is 0.0258. The van der Waals surface area contributed by atoms with E-state index in [-0.39, 0.29) is 12.2 Å². The predicted octanol–water partition coefficient (Wildman–Crippen LogP) is 4.69. The van der Waals surface area contributed by atoms with Crippen LogP contribution in [0.25, 0.3) is 10.9 Å². The molecule has 1 unspecified atom stereocenters. The monoisotopic (exact) mass is 406 g/mol. The van der Waals surface area contributed by atoms with E-state index in [4.69, 9.17) is 9.47 Å². The zero-order chi connectivity index (χ0) is 18.2. The average Bonchev–Trinajstić information content (AvgIpc) is 2.95. The Hall–Kier alpha value is -1.82. The van der Waals surface area contributed by atoms with Crippen LogP contribution in [0.5, 0.6) is 5.75 Å². The molecule has 1 fully saturated rings. The smallest absolute Gasteiger partial charge is 0.410 e. The van der Waals surface area contributed by atoms with Crippen molar-refractivity contribution in [3.63, 3.8) is 0 Å². The molecule has 134 valence electrons. The number of carbonyl (C=O) groups excluding carboxylic acids is 1. The maximum atomic E-state index is 12.1. The van der Waals surface area contributed by atoms with Crippen LogP contribution in [0.15, 0.2) is 28.7 Å². The van der Waals surface area contributed by atoms with E-state index >= 15 is 0 Å². The Kier molecular flexibility index (Phi) is 4.91. The van der Waals surface area contributed by atoms with Crippen molar-refractivity contribution in [1.29, 1.82) is 0 Å². The number of benzene rings is 1. The molecule has 5 nitrogen and oxygen atoms in total. The number of ether oxygens (including phenoxy) is 2. The highest BCUT2D eigenvalue weighted by atomic mass is 79.9. The fraction of sp³-hybridized carbons (Fsp3) is 0.474. The summed E-state index contributed by atoms with van der Waals surface area (Å²) < 4.78 is 12.5. The standard InChI is InChI=1S/C19H23BrN2O3/c1-12-9-16(20)15-10-13(5-6-17(15)21-12)24-14-7-8-22(11-14)18(23)25-19(2,3)4/h5-6,9-10,14H,7-8,11H2,1-4H3. The van der Waals surface area contributed by atoms with Gasteiger partial charge in [0, 0.05) is 28.5 Å².